The lowest BCUT2D eigenvalue weighted by Gasteiger charge is -2.19. The second kappa shape index (κ2) is 7.96. The van der Waals surface area contributed by atoms with Crippen molar-refractivity contribution in [1.29, 1.82) is 0 Å². The van der Waals surface area contributed by atoms with Crippen LogP contribution in [0, 0.1) is 0 Å². The molecular weight excluding hydrogens is 390 g/mol. The first kappa shape index (κ1) is 19.0. The predicted molar refractivity (Wildman–Crippen MR) is 112 cm³/mol. The van der Waals surface area contributed by atoms with Gasteiger partial charge in [0.1, 0.15) is 0 Å². The van der Waals surface area contributed by atoms with Crippen LogP contribution in [-0.4, -0.2) is 43.1 Å². The summed E-state index contributed by atoms with van der Waals surface area (Å²) in [5.74, 6) is -0.165. The Labute approximate surface area is 169 Å². The molecule has 0 saturated carbocycles. The summed E-state index contributed by atoms with van der Waals surface area (Å²) in [7, 11) is -3.50. The van der Waals surface area contributed by atoms with Crippen LogP contribution in [0.1, 0.15) is 5.56 Å². The minimum atomic E-state index is -3.50. The molecule has 150 valence electrons. The van der Waals surface area contributed by atoms with Gasteiger partial charge in [-0.15, -0.1) is 0 Å². The standard InChI is InChI=1S/C20H21N5O3S/c26-20(23-17-6-3-7-18(15-17)24-12-4-10-22-24)21-11-14-29(27,28)25-13-9-16-5-1-2-8-19(16)25/h1-8,10,12,15H,9,11,13-14H2,(H2,21,23,26). The first-order valence-corrected chi connectivity index (χ1v) is 10.9. The number of rotatable bonds is 6. The molecule has 2 heterocycles. The number of anilines is 2. The number of benzene rings is 2. The van der Waals surface area contributed by atoms with Gasteiger partial charge in [-0.05, 0) is 42.3 Å². The maximum absolute atomic E-state index is 12.7. The summed E-state index contributed by atoms with van der Waals surface area (Å²) in [6, 6.07) is 16.1. The number of hydrogen-bond acceptors (Lipinski definition) is 4. The number of urea groups is 1. The molecule has 0 aliphatic carbocycles. The average Bonchev–Trinajstić information content (AvgIpc) is 3.38. The van der Waals surface area contributed by atoms with E-state index in [4.69, 9.17) is 0 Å². The molecule has 2 N–H and O–H groups in total. The maximum Gasteiger partial charge on any atom is 0.319 e. The third kappa shape index (κ3) is 4.24. The van der Waals surface area contributed by atoms with Gasteiger partial charge in [0.25, 0.3) is 0 Å². The summed E-state index contributed by atoms with van der Waals surface area (Å²) in [4.78, 5) is 12.2. The zero-order valence-electron chi connectivity index (χ0n) is 15.7. The number of para-hydroxylation sites is 1. The minimum absolute atomic E-state index is 0.0195. The van der Waals surface area contributed by atoms with Crippen molar-refractivity contribution in [2.24, 2.45) is 0 Å². The summed E-state index contributed by atoms with van der Waals surface area (Å²) in [5.41, 5.74) is 3.15. The van der Waals surface area contributed by atoms with E-state index in [0.29, 0.717) is 18.7 Å². The van der Waals surface area contributed by atoms with Crippen molar-refractivity contribution in [3.63, 3.8) is 0 Å². The van der Waals surface area contributed by atoms with E-state index in [1.165, 1.54) is 4.31 Å². The van der Waals surface area contributed by atoms with Gasteiger partial charge in [-0.3, -0.25) is 4.31 Å². The van der Waals surface area contributed by atoms with Crippen LogP contribution in [0.5, 0.6) is 0 Å². The summed E-state index contributed by atoms with van der Waals surface area (Å²) in [5, 5.41) is 9.48. The molecule has 0 bridgehead atoms. The molecule has 2 aromatic carbocycles. The van der Waals surface area contributed by atoms with E-state index in [1.54, 1.807) is 29.2 Å². The first-order valence-electron chi connectivity index (χ1n) is 9.26. The number of amides is 2. The van der Waals surface area contributed by atoms with Crippen molar-refractivity contribution < 1.29 is 13.2 Å². The molecule has 0 radical (unpaired) electrons. The Balaban J connectivity index is 1.32. The van der Waals surface area contributed by atoms with Crippen LogP contribution in [0.25, 0.3) is 5.69 Å². The fourth-order valence-electron chi connectivity index (χ4n) is 3.32. The lowest BCUT2D eigenvalue weighted by Crippen LogP contribution is -2.38. The second-order valence-corrected chi connectivity index (χ2v) is 8.66. The molecule has 0 atom stereocenters. The SMILES string of the molecule is O=C(NCCS(=O)(=O)N1CCc2ccccc21)Nc1cccc(-n2cccn2)c1. The summed E-state index contributed by atoms with van der Waals surface area (Å²) >= 11 is 0. The zero-order chi connectivity index (χ0) is 20.3. The molecule has 29 heavy (non-hydrogen) atoms. The van der Waals surface area contributed by atoms with E-state index in [0.717, 1.165) is 16.9 Å². The first-order chi connectivity index (χ1) is 14.0. The minimum Gasteiger partial charge on any atom is -0.337 e. The predicted octanol–water partition coefficient (Wildman–Crippen LogP) is 2.39. The van der Waals surface area contributed by atoms with Crippen LogP contribution in [0.15, 0.2) is 67.0 Å². The number of hydrogen-bond donors (Lipinski definition) is 2. The van der Waals surface area contributed by atoms with Gasteiger partial charge in [0, 0.05) is 31.2 Å². The Hall–Kier alpha value is -3.33. The van der Waals surface area contributed by atoms with Crippen LogP contribution in [0.2, 0.25) is 0 Å². The van der Waals surface area contributed by atoms with E-state index >= 15 is 0 Å². The number of sulfonamides is 1. The highest BCUT2D eigenvalue weighted by Gasteiger charge is 2.28. The number of carbonyl (C=O) groups excluding carboxylic acids is 1. The van der Waals surface area contributed by atoms with Crippen LogP contribution in [-0.2, 0) is 16.4 Å². The fraction of sp³-hybridized carbons (Fsp3) is 0.200. The number of nitrogens with zero attached hydrogens (tertiary/aromatic N) is 3. The van der Waals surface area contributed by atoms with Crippen LogP contribution in [0.4, 0.5) is 16.2 Å². The quantitative estimate of drug-likeness (QED) is 0.651. The summed E-state index contributed by atoms with van der Waals surface area (Å²) in [6.07, 6.45) is 4.18. The van der Waals surface area contributed by atoms with E-state index in [1.807, 2.05) is 42.5 Å². The maximum atomic E-state index is 12.7. The number of aromatic nitrogens is 2. The Morgan fingerprint density at radius 1 is 1.10 bits per heavy atom. The van der Waals surface area contributed by atoms with E-state index in [9.17, 15) is 13.2 Å². The smallest absolute Gasteiger partial charge is 0.319 e. The Kier molecular flexibility index (Phi) is 5.22. The number of nitrogens with one attached hydrogen (secondary N) is 2. The van der Waals surface area contributed by atoms with Gasteiger partial charge < -0.3 is 10.6 Å². The second-order valence-electron chi connectivity index (χ2n) is 6.65. The van der Waals surface area contributed by atoms with Gasteiger partial charge in [-0.1, -0.05) is 24.3 Å². The van der Waals surface area contributed by atoms with Crippen LogP contribution in [0.3, 0.4) is 0 Å². The Morgan fingerprint density at radius 3 is 2.79 bits per heavy atom. The van der Waals surface area contributed by atoms with Gasteiger partial charge >= 0.3 is 6.03 Å². The lowest BCUT2D eigenvalue weighted by atomic mass is 10.2. The molecule has 0 unspecified atom stereocenters. The topological polar surface area (TPSA) is 96.3 Å². The molecule has 9 heteroatoms. The molecule has 8 nitrogen and oxygen atoms in total. The molecule has 0 saturated heterocycles. The largest absolute Gasteiger partial charge is 0.337 e. The molecule has 2 amide bonds. The zero-order valence-corrected chi connectivity index (χ0v) is 16.5. The molecule has 4 rings (SSSR count). The van der Waals surface area contributed by atoms with Crippen LogP contribution >= 0.6 is 0 Å². The summed E-state index contributed by atoms with van der Waals surface area (Å²) in [6.45, 7) is 0.458. The van der Waals surface area contributed by atoms with Crippen molar-refractivity contribution in [2.75, 3.05) is 28.5 Å². The Morgan fingerprint density at radius 2 is 1.97 bits per heavy atom. The summed E-state index contributed by atoms with van der Waals surface area (Å²) < 4.78 is 28.4. The van der Waals surface area contributed by atoms with Crippen molar-refractivity contribution >= 4 is 27.4 Å². The van der Waals surface area contributed by atoms with Gasteiger partial charge in [-0.25, -0.2) is 17.9 Å². The van der Waals surface area contributed by atoms with Crippen molar-refractivity contribution in [2.45, 2.75) is 6.42 Å². The van der Waals surface area contributed by atoms with Gasteiger partial charge in [-0.2, -0.15) is 5.10 Å². The molecular formula is C20H21N5O3S. The van der Waals surface area contributed by atoms with Crippen molar-refractivity contribution in [3.8, 4) is 5.69 Å². The Bertz CT molecular complexity index is 1110. The van der Waals surface area contributed by atoms with E-state index < -0.39 is 16.1 Å². The highest BCUT2D eigenvalue weighted by molar-refractivity contribution is 7.92. The molecule has 0 spiro atoms. The highest BCUT2D eigenvalue weighted by atomic mass is 32.2. The third-order valence-electron chi connectivity index (χ3n) is 4.70. The molecule has 3 aromatic rings. The lowest BCUT2D eigenvalue weighted by molar-refractivity contribution is 0.252. The number of fused-ring (bicyclic) bond motifs is 1. The highest BCUT2D eigenvalue weighted by Crippen LogP contribution is 2.29. The normalized spacial score (nSPS) is 13.2. The third-order valence-corrected chi connectivity index (χ3v) is 6.47. The molecule has 1 aliphatic heterocycles. The molecule has 1 aromatic heterocycles. The van der Waals surface area contributed by atoms with Crippen molar-refractivity contribution in [3.05, 3.63) is 72.6 Å². The number of carbonyl (C=O) groups is 1. The molecule has 1 aliphatic rings. The van der Waals surface area contributed by atoms with E-state index in [2.05, 4.69) is 15.7 Å². The monoisotopic (exact) mass is 411 g/mol. The van der Waals surface area contributed by atoms with E-state index in [-0.39, 0.29) is 12.3 Å². The van der Waals surface area contributed by atoms with Gasteiger partial charge in [0.15, 0.2) is 0 Å². The molecule has 0 fully saturated rings. The van der Waals surface area contributed by atoms with Crippen LogP contribution < -0.4 is 14.9 Å². The van der Waals surface area contributed by atoms with Crippen molar-refractivity contribution in [1.82, 2.24) is 15.1 Å². The fourth-order valence-corrected chi connectivity index (χ4v) is 4.75. The van der Waals surface area contributed by atoms with Gasteiger partial charge in [0.05, 0.1) is 17.1 Å². The van der Waals surface area contributed by atoms with Gasteiger partial charge in [0.2, 0.25) is 10.0 Å². The average molecular weight is 411 g/mol.